The lowest BCUT2D eigenvalue weighted by Crippen LogP contribution is -1.98. The number of carbonyl (C=O) groups is 1. The first-order valence-electron chi connectivity index (χ1n) is 5.94. The lowest BCUT2D eigenvalue weighted by Gasteiger charge is -2.03. The average Bonchev–Trinajstić information content (AvgIpc) is 3.02. The third-order valence-electron chi connectivity index (χ3n) is 2.83. The monoisotopic (exact) mass is 265 g/mol. The fourth-order valence-electron chi connectivity index (χ4n) is 1.90. The number of hydrogen-bond donors (Lipinski definition) is 0. The van der Waals surface area contributed by atoms with Crippen molar-refractivity contribution in [2.45, 2.75) is 0 Å². The van der Waals surface area contributed by atoms with E-state index in [1.165, 1.54) is 11.3 Å². The highest BCUT2D eigenvalue weighted by molar-refractivity contribution is 7.12. The van der Waals surface area contributed by atoms with Crippen LogP contribution in [0.2, 0.25) is 0 Å². The molecule has 1 aromatic carbocycles. The molecule has 2 nitrogen and oxygen atoms in total. The lowest BCUT2D eigenvalue weighted by molar-refractivity contribution is 0.104. The molecule has 0 spiro atoms. The molecule has 0 bridgehead atoms. The number of rotatable bonds is 3. The van der Waals surface area contributed by atoms with E-state index in [-0.39, 0.29) is 5.78 Å². The number of nitrogens with zero attached hydrogens (tertiary/aromatic N) is 1. The molecule has 0 atom stereocenters. The predicted octanol–water partition coefficient (Wildman–Crippen LogP) is 4.04. The van der Waals surface area contributed by atoms with Gasteiger partial charge in [0, 0.05) is 17.3 Å². The summed E-state index contributed by atoms with van der Waals surface area (Å²) >= 11 is 1.46. The molecule has 0 aliphatic heterocycles. The summed E-state index contributed by atoms with van der Waals surface area (Å²) in [6.07, 6.45) is 1.75. The maximum Gasteiger partial charge on any atom is 0.202 e. The van der Waals surface area contributed by atoms with Crippen molar-refractivity contribution in [3.8, 4) is 11.3 Å². The average molecular weight is 265 g/mol. The second-order valence-corrected chi connectivity index (χ2v) is 5.05. The molecule has 0 fully saturated rings. The summed E-state index contributed by atoms with van der Waals surface area (Å²) in [7, 11) is 0. The van der Waals surface area contributed by atoms with Crippen LogP contribution in [0.1, 0.15) is 15.2 Å². The molecular weight excluding hydrogens is 254 g/mol. The summed E-state index contributed by atoms with van der Waals surface area (Å²) in [6.45, 7) is 0. The van der Waals surface area contributed by atoms with Crippen LogP contribution < -0.4 is 0 Å². The standard InChI is InChI=1S/C16H11NOS/c18-16(15-8-4-10-19-15)13-6-3-5-12(11-13)14-7-1-2-9-17-14/h1-11H. The molecule has 0 aliphatic rings. The van der Waals surface area contributed by atoms with Gasteiger partial charge >= 0.3 is 0 Å². The Bertz CT molecular complexity index is 690. The highest BCUT2D eigenvalue weighted by Crippen LogP contribution is 2.21. The maximum absolute atomic E-state index is 12.3. The van der Waals surface area contributed by atoms with Gasteiger partial charge in [0.2, 0.25) is 5.78 Å². The van der Waals surface area contributed by atoms with Gasteiger partial charge in [-0.05, 0) is 29.6 Å². The third-order valence-corrected chi connectivity index (χ3v) is 3.70. The topological polar surface area (TPSA) is 30.0 Å². The van der Waals surface area contributed by atoms with Crippen LogP contribution in [0.5, 0.6) is 0 Å². The highest BCUT2D eigenvalue weighted by atomic mass is 32.1. The zero-order valence-corrected chi connectivity index (χ0v) is 10.9. The number of ketones is 1. The summed E-state index contributed by atoms with van der Waals surface area (Å²) in [5.41, 5.74) is 2.54. The van der Waals surface area contributed by atoms with Crippen molar-refractivity contribution in [1.29, 1.82) is 0 Å². The molecule has 3 heteroatoms. The molecule has 3 aromatic rings. The van der Waals surface area contributed by atoms with Gasteiger partial charge in [0.05, 0.1) is 10.6 Å². The first-order valence-corrected chi connectivity index (χ1v) is 6.82. The second kappa shape index (κ2) is 5.16. The number of thiophene rings is 1. The van der Waals surface area contributed by atoms with Crippen molar-refractivity contribution >= 4 is 17.1 Å². The Hall–Kier alpha value is -2.26. The van der Waals surface area contributed by atoms with Gasteiger partial charge < -0.3 is 0 Å². The fraction of sp³-hybridized carbons (Fsp3) is 0. The van der Waals surface area contributed by atoms with Crippen molar-refractivity contribution in [1.82, 2.24) is 4.98 Å². The van der Waals surface area contributed by atoms with Crippen LogP contribution in [0.3, 0.4) is 0 Å². The van der Waals surface area contributed by atoms with Crippen LogP contribution in [0, 0.1) is 0 Å². The van der Waals surface area contributed by atoms with Crippen LogP contribution in [-0.4, -0.2) is 10.8 Å². The van der Waals surface area contributed by atoms with E-state index in [4.69, 9.17) is 0 Å². The molecule has 2 aromatic heterocycles. The Morgan fingerprint density at radius 3 is 2.68 bits per heavy atom. The van der Waals surface area contributed by atoms with Gasteiger partial charge in [-0.2, -0.15) is 0 Å². The van der Waals surface area contributed by atoms with Crippen LogP contribution in [0.4, 0.5) is 0 Å². The Morgan fingerprint density at radius 1 is 1.00 bits per heavy atom. The minimum atomic E-state index is 0.0628. The van der Waals surface area contributed by atoms with E-state index in [2.05, 4.69) is 4.98 Å². The number of hydrogen-bond acceptors (Lipinski definition) is 3. The van der Waals surface area contributed by atoms with Crippen LogP contribution in [-0.2, 0) is 0 Å². The van der Waals surface area contributed by atoms with Crippen molar-refractivity contribution in [2.75, 3.05) is 0 Å². The number of aromatic nitrogens is 1. The van der Waals surface area contributed by atoms with Crippen LogP contribution in [0.25, 0.3) is 11.3 Å². The lowest BCUT2D eigenvalue weighted by atomic mass is 10.0. The van der Waals surface area contributed by atoms with Gasteiger partial charge in [-0.3, -0.25) is 9.78 Å². The summed E-state index contributed by atoms with van der Waals surface area (Å²) in [6, 6.07) is 17.1. The molecule has 0 amide bonds. The van der Waals surface area contributed by atoms with Crippen molar-refractivity contribution < 1.29 is 4.79 Å². The molecule has 0 saturated heterocycles. The van der Waals surface area contributed by atoms with E-state index in [9.17, 15) is 4.79 Å². The SMILES string of the molecule is O=C(c1cccc(-c2ccccn2)c1)c1cccs1. The zero-order chi connectivity index (χ0) is 13.1. The van der Waals surface area contributed by atoms with E-state index in [1.54, 1.807) is 6.20 Å². The quantitative estimate of drug-likeness (QED) is 0.669. The van der Waals surface area contributed by atoms with E-state index < -0.39 is 0 Å². The molecule has 0 aliphatic carbocycles. The smallest absolute Gasteiger partial charge is 0.202 e. The van der Waals surface area contributed by atoms with E-state index >= 15 is 0 Å². The van der Waals surface area contributed by atoms with Gasteiger partial charge in [0.1, 0.15) is 0 Å². The number of benzene rings is 1. The van der Waals surface area contributed by atoms with E-state index in [1.807, 2.05) is 60.0 Å². The number of carbonyl (C=O) groups excluding carboxylic acids is 1. The minimum Gasteiger partial charge on any atom is -0.288 e. The van der Waals surface area contributed by atoms with Gasteiger partial charge in [0.15, 0.2) is 0 Å². The predicted molar refractivity (Wildman–Crippen MR) is 77.4 cm³/mol. The Morgan fingerprint density at radius 2 is 1.95 bits per heavy atom. The van der Waals surface area contributed by atoms with Crippen molar-refractivity contribution in [3.63, 3.8) is 0 Å². The normalized spacial score (nSPS) is 10.3. The molecular formula is C16H11NOS. The second-order valence-electron chi connectivity index (χ2n) is 4.10. The van der Waals surface area contributed by atoms with Crippen molar-refractivity contribution in [3.05, 3.63) is 76.6 Å². The maximum atomic E-state index is 12.3. The summed E-state index contributed by atoms with van der Waals surface area (Å²) in [4.78, 5) is 17.3. The largest absolute Gasteiger partial charge is 0.288 e. The highest BCUT2D eigenvalue weighted by Gasteiger charge is 2.10. The molecule has 0 N–H and O–H groups in total. The van der Waals surface area contributed by atoms with Gasteiger partial charge in [-0.1, -0.05) is 30.3 Å². The first-order chi connectivity index (χ1) is 9.34. The number of pyridine rings is 1. The minimum absolute atomic E-state index is 0.0628. The first kappa shape index (κ1) is 11.8. The van der Waals surface area contributed by atoms with Gasteiger partial charge in [-0.15, -0.1) is 11.3 Å². The molecule has 0 unspecified atom stereocenters. The Labute approximate surface area is 115 Å². The molecule has 0 saturated carbocycles. The van der Waals surface area contributed by atoms with Gasteiger partial charge in [0.25, 0.3) is 0 Å². The fourth-order valence-corrected chi connectivity index (χ4v) is 2.59. The summed E-state index contributed by atoms with van der Waals surface area (Å²) < 4.78 is 0. The molecule has 3 rings (SSSR count). The summed E-state index contributed by atoms with van der Waals surface area (Å²) in [5, 5.41) is 1.91. The molecule has 2 heterocycles. The van der Waals surface area contributed by atoms with E-state index in [0.717, 1.165) is 16.1 Å². The molecule has 19 heavy (non-hydrogen) atoms. The summed E-state index contributed by atoms with van der Waals surface area (Å²) in [5.74, 6) is 0.0628. The van der Waals surface area contributed by atoms with Crippen LogP contribution in [0.15, 0.2) is 66.2 Å². The van der Waals surface area contributed by atoms with Crippen molar-refractivity contribution in [2.24, 2.45) is 0 Å². The molecule has 92 valence electrons. The molecule has 0 radical (unpaired) electrons. The van der Waals surface area contributed by atoms with E-state index in [0.29, 0.717) is 5.56 Å². The van der Waals surface area contributed by atoms with Gasteiger partial charge in [-0.25, -0.2) is 0 Å². The zero-order valence-electron chi connectivity index (χ0n) is 10.1. The Kier molecular flexibility index (Phi) is 3.21. The van der Waals surface area contributed by atoms with Crippen LogP contribution >= 0.6 is 11.3 Å². The third kappa shape index (κ3) is 2.46. The Balaban J connectivity index is 1.99.